The molecule has 11 heavy (non-hydrogen) atoms. The van der Waals surface area contributed by atoms with Gasteiger partial charge in [-0.15, -0.1) is 0 Å². The number of ether oxygens (including phenoxy) is 1. The molecule has 0 saturated carbocycles. The molecule has 0 atom stereocenters. The average molecular weight is 190 g/mol. The van der Waals surface area contributed by atoms with Crippen LogP contribution in [0.4, 0.5) is 0 Å². The maximum Gasteiger partial charge on any atom is 1.00 e. The van der Waals surface area contributed by atoms with Gasteiger partial charge < -0.3 is 26.0 Å². The van der Waals surface area contributed by atoms with E-state index in [1.165, 1.54) is 0 Å². The van der Waals surface area contributed by atoms with E-state index < -0.39 is 7.32 Å². The fraction of sp³-hybridized carbons (Fsp3) is 1.00. The Kier molecular flexibility index (Phi) is 15.7. The Morgan fingerprint density at radius 3 is 2.27 bits per heavy atom. The molecule has 0 heterocycles. The van der Waals surface area contributed by atoms with Crippen molar-refractivity contribution in [2.75, 3.05) is 26.4 Å². The van der Waals surface area contributed by atoms with Gasteiger partial charge in [0, 0.05) is 0 Å². The minimum atomic E-state index is -1.74. The van der Waals surface area contributed by atoms with Crippen molar-refractivity contribution in [1.82, 2.24) is 0 Å². The second kappa shape index (κ2) is 11.5. The first kappa shape index (κ1) is 15.0. The van der Waals surface area contributed by atoms with Crippen LogP contribution in [0.15, 0.2) is 0 Å². The molecule has 7 heteroatoms. The molecule has 0 aliphatic carbocycles. The van der Waals surface area contributed by atoms with Crippen LogP contribution >= 0.6 is 0 Å². The summed E-state index contributed by atoms with van der Waals surface area (Å²) in [7, 11) is -1.74. The van der Waals surface area contributed by atoms with Gasteiger partial charge in [0.15, 0.2) is 0 Å². The SMILES string of the molecule is OCCOCCOB(O)O.[H-].[K+]. The van der Waals surface area contributed by atoms with E-state index in [9.17, 15) is 0 Å². The van der Waals surface area contributed by atoms with Gasteiger partial charge in [-0.3, -0.25) is 0 Å². The zero-order valence-electron chi connectivity index (χ0n) is 7.56. The third-order valence-corrected chi connectivity index (χ3v) is 0.730. The predicted octanol–water partition coefficient (Wildman–Crippen LogP) is -4.90. The molecule has 0 amide bonds. The predicted molar refractivity (Wildman–Crippen MR) is 35.2 cm³/mol. The molecule has 0 aliphatic rings. The molecule has 0 radical (unpaired) electrons. The van der Waals surface area contributed by atoms with Crippen molar-refractivity contribution in [1.29, 1.82) is 0 Å². The Hall–Kier alpha value is 1.50. The van der Waals surface area contributed by atoms with E-state index in [-0.39, 0.29) is 79.2 Å². The summed E-state index contributed by atoms with van der Waals surface area (Å²) in [6.45, 7) is 0.558. The van der Waals surface area contributed by atoms with Crippen LogP contribution in [-0.2, 0) is 9.39 Å². The van der Waals surface area contributed by atoms with E-state index in [0.29, 0.717) is 0 Å². The number of rotatable bonds is 6. The Balaban J connectivity index is -0.000000405. The molecule has 0 fully saturated rings. The molecule has 0 bridgehead atoms. The standard InChI is InChI=1S/C4H11BO5.K.H/c6-1-2-9-3-4-10-5(7)8;;/h6-8H,1-4H2;;/q;+1;-1. The normalized spacial score (nSPS) is 9.00. The zero-order chi connectivity index (χ0) is 7.82. The van der Waals surface area contributed by atoms with Crippen molar-refractivity contribution < 1.29 is 77.4 Å². The minimum Gasteiger partial charge on any atom is -1.00 e. The van der Waals surface area contributed by atoms with Crippen molar-refractivity contribution >= 4 is 7.32 Å². The van der Waals surface area contributed by atoms with Crippen molar-refractivity contribution in [2.24, 2.45) is 0 Å². The summed E-state index contributed by atoms with van der Waals surface area (Å²) >= 11 is 0. The summed E-state index contributed by atoms with van der Waals surface area (Å²) in [5.74, 6) is 0. The van der Waals surface area contributed by atoms with Crippen molar-refractivity contribution in [3.05, 3.63) is 0 Å². The maximum atomic E-state index is 8.21. The van der Waals surface area contributed by atoms with E-state index in [2.05, 4.69) is 4.65 Å². The number of aliphatic hydroxyl groups is 1. The molecule has 0 aromatic rings. The van der Waals surface area contributed by atoms with Gasteiger partial charge in [-0.25, -0.2) is 0 Å². The molecule has 0 rings (SSSR count). The van der Waals surface area contributed by atoms with Crippen molar-refractivity contribution in [2.45, 2.75) is 0 Å². The van der Waals surface area contributed by atoms with Crippen LogP contribution < -0.4 is 51.4 Å². The summed E-state index contributed by atoms with van der Waals surface area (Å²) in [5.41, 5.74) is 0. The second-order valence-corrected chi connectivity index (χ2v) is 1.53. The van der Waals surface area contributed by atoms with Gasteiger partial charge in [-0.2, -0.15) is 0 Å². The second-order valence-electron chi connectivity index (χ2n) is 1.53. The van der Waals surface area contributed by atoms with E-state index in [1.807, 2.05) is 0 Å². The van der Waals surface area contributed by atoms with Gasteiger partial charge >= 0.3 is 58.7 Å². The molecular weight excluding hydrogens is 178 g/mol. The minimum absolute atomic E-state index is 0. The van der Waals surface area contributed by atoms with Gasteiger partial charge in [0.2, 0.25) is 0 Å². The van der Waals surface area contributed by atoms with Crippen LogP contribution in [0.1, 0.15) is 1.43 Å². The van der Waals surface area contributed by atoms with E-state index in [1.54, 1.807) is 0 Å². The van der Waals surface area contributed by atoms with Crippen molar-refractivity contribution in [3.63, 3.8) is 0 Å². The van der Waals surface area contributed by atoms with Gasteiger partial charge in [0.05, 0.1) is 26.4 Å². The fourth-order valence-corrected chi connectivity index (χ4v) is 0.379. The summed E-state index contributed by atoms with van der Waals surface area (Å²) < 4.78 is 9.03. The van der Waals surface area contributed by atoms with Crippen LogP contribution in [0.25, 0.3) is 0 Å². The molecule has 0 unspecified atom stereocenters. The summed E-state index contributed by atoms with van der Waals surface area (Å²) in [6, 6.07) is 0. The first-order valence-corrected chi connectivity index (χ1v) is 2.93. The maximum absolute atomic E-state index is 8.21. The molecule has 0 aromatic carbocycles. The molecule has 62 valence electrons. The van der Waals surface area contributed by atoms with E-state index >= 15 is 0 Å². The Morgan fingerprint density at radius 2 is 1.82 bits per heavy atom. The number of aliphatic hydroxyl groups excluding tert-OH is 1. The Morgan fingerprint density at radius 1 is 1.18 bits per heavy atom. The largest absolute Gasteiger partial charge is 1.00 e. The smallest absolute Gasteiger partial charge is 1.00 e. The first-order chi connectivity index (χ1) is 4.77. The number of hydrogen-bond acceptors (Lipinski definition) is 5. The van der Waals surface area contributed by atoms with Gasteiger partial charge in [0.1, 0.15) is 0 Å². The summed E-state index contributed by atoms with van der Waals surface area (Å²) in [6.07, 6.45) is 0. The third-order valence-electron chi connectivity index (χ3n) is 0.730. The first-order valence-electron chi connectivity index (χ1n) is 2.93. The summed E-state index contributed by atoms with van der Waals surface area (Å²) in [5, 5.41) is 24.5. The van der Waals surface area contributed by atoms with Crippen LogP contribution in [0.3, 0.4) is 0 Å². The van der Waals surface area contributed by atoms with Gasteiger partial charge in [-0.1, -0.05) is 0 Å². The molecule has 5 nitrogen and oxygen atoms in total. The average Bonchev–Trinajstić information content (AvgIpc) is 1.87. The molecule has 0 aromatic heterocycles. The quantitative estimate of drug-likeness (QED) is 0.289. The summed E-state index contributed by atoms with van der Waals surface area (Å²) in [4.78, 5) is 0. The van der Waals surface area contributed by atoms with E-state index in [0.717, 1.165) is 0 Å². The molecule has 0 aliphatic heterocycles. The Bertz CT molecular complexity index is 78.5. The number of hydrogen-bond donors (Lipinski definition) is 3. The molecule has 3 N–H and O–H groups in total. The van der Waals surface area contributed by atoms with Crippen molar-refractivity contribution in [3.8, 4) is 0 Å². The fourth-order valence-electron chi connectivity index (χ4n) is 0.379. The van der Waals surface area contributed by atoms with Gasteiger partial charge in [-0.05, 0) is 0 Å². The zero-order valence-corrected chi connectivity index (χ0v) is 9.69. The third kappa shape index (κ3) is 14.4. The van der Waals surface area contributed by atoms with E-state index in [4.69, 9.17) is 19.9 Å². The monoisotopic (exact) mass is 190 g/mol. The Labute approximate surface area is 110 Å². The van der Waals surface area contributed by atoms with Crippen LogP contribution in [-0.4, -0.2) is 48.9 Å². The molecular formula is C4H12BKO5. The molecule has 0 spiro atoms. The molecule has 0 saturated heterocycles. The van der Waals surface area contributed by atoms with Crippen LogP contribution in [0, 0.1) is 0 Å². The topological polar surface area (TPSA) is 79.2 Å². The van der Waals surface area contributed by atoms with Crippen LogP contribution in [0.5, 0.6) is 0 Å². The van der Waals surface area contributed by atoms with Gasteiger partial charge in [0.25, 0.3) is 0 Å². The van der Waals surface area contributed by atoms with Crippen LogP contribution in [0.2, 0.25) is 0 Å².